The van der Waals surface area contributed by atoms with E-state index in [0.717, 1.165) is 25.7 Å². The smallest absolute Gasteiger partial charge is 0.185 e. The molecule has 2 N–H and O–H groups in total. The largest absolute Gasteiger partial charge is 0.399 e. The van der Waals surface area contributed by atoms with Crippen molar-refractivity contribution in [1.82, 2.24) is 20.2 Å². The quantitative estimate of drug-likeness (QED) is 0.862. The summed E-state index contributed by atoms with van der Waals surface area (Å²) < 4.78 is 15.8. The summed E-state index contributed by atoms with van der Waals surface area (Å²) in [5, 5.41) is 11.8. The van der Waals surface area contributed by atoms with Crippen molar-refractivity contribution in [3.63, 3.8) is 0 Å². The Labute approximate surface area is 123 Å². The Hall–Kier alpha value is -1.98. The van der Waals surface area contributed by atoms with Gasteiger partial charge in [-0.1, -0.05) is 13.8 Å². The van der Waals surface area contributed by atoms with Crippen LogP contribution in [-0.2, 0) is 0 Å². The van der Waals surface area contributed by atoms with Gasteiger partial charge in [-0.05, 0) is 59.7 Å². The summed E-state index contributed by atoms with van der Waals surface area (Å²) >= 11 is 0. The number of hydrogen-bond donors (Lipinski definition) is 1. The SMILES string of the molecule is CC1(C)CCC(n2nnnc2-c2cc(N)ccc2F)CC1. The Bertz CT molecular complexity index is 639. The van der Waals surface area contributed by atoms with E-state index in [0.29, 0.717) is 22.5 Å². The highest BCUT2D eigenvalue weighted by molar-refractivity contribution is 5.61. The average Bonchev–Trinajstić information content (AvgIpc) is 2.90. The number of hydrogen-bond acceptors (Lipinski definition) is 4. The molecule has 0 unspecified atom stereocenters. The van der Waals surface area contributed by atoms with Crippen LogP contribution in [-0.4, -0.2) is 20.2 Å². The number of nitrogens with zero attached hydrogens (tertiary/aromatic N) is 4. The van der Waals surface area contributed by atoms with Crippen molar-refractivity contribution in [3.8, 4) is 11.4 Å². The molecular weight excluding hydrogens is 269 g/mol. The van der Waals surface area contributed by atoms with Gasteiger partial charge in [0, 0.05) is 5.69 Å². The second-order valence-corrected chi connectivity index (χ2v) is 6.58. The molecule has 0 aliphatic heterocycles. The number of rotatable bonds is 2. The van der Waals surface area contributed by atoms with E-state index in [4.69, 9.17) is 5.73 Å². The van der Waals surface area contributed by atoms with E-state index in [1.54, 1.807) is 10.7 Å². The summed E-state index contributed by atoms with van der Waals surface area (Å²) in [5.74, 6) is 0.112. The van der Waals surface area contributed by atoms with Gasteiger partial charge in [-0.2, -0.15) is 0 Å². The van der Waals surface area contributed by atoms with Gasteiger partial charge in [0.15, 0.2) is 5.82 Å². The van der Waals surface area contributed by atoms with Crippen LogP contribution < -0.4 is 5.73 Å². The third kappa shape index (κ3) is 2.75. The molecule has 0 atom stereocenters. The molecule has 1 saturated carbocycles. The van der Waals surface area contributed by atoms with E-state index in [1.165, 1.54) is 12.1 Å². The van der Waals surface area contributed by atoms with Gasteiger partial charge in [0.2, 0.25) is 0 Å². The fourth-order valence-electron chi connectivity index (χ4n) is 2.96. The van der Waals surface area contributed by atoms with E-state index < -0.39 is 0 Å². The predicted octanol–water partition coefficient (Wildman–Crippen LogP) is 3.20. The Balaban J connectivity index is 1.93. The third-order valence-electron chi connectivity index (χ3n) is 4.38. The first kappa shape index (κ1) is 14.0. The number of nitrogens with two attached hydrogens (primary N) is 1. The first-order valence-corrected chi connectivity index (χ1v) is 7.29. The summed E-state index contributed by atoms with van der Waals surface area (Å²) in [6.07, 6.45) is 4.26. The lowest BCUT2D eigenvalue weighted by atomic mass is 9.75. The zero-order valence-corrected chi connectivity index (χ0v) is 12.4. The Morgan fingerprint density at radius 1 is 1.29 bits per heavy atom. The summed E-state index contributed by atoms with van der Waals surface area (Å²) in [6.45, 7) is 4.56. The van der Waals surface area contributed by atoms with Crippen molar-refractivity contribution in [2.24, 2.45) is 5.41 Å². The van der Waals surface area contributed by atoms with E-state index >= 15 is 0 Å². The standard InChI is InChI=1S/C15H20FN5/c1-15(2)7-5-11(6-8-15)21-14(18-19-20-21)12-9-10(17)3-4-13(12)16/h3-4,9,11H,5-8,17H2,1-2H3. The van der Waals surface area contributed by atoms with Gasteiger partial charge < -0.3 is 5.73 Å². The molecule has 21 heavy (non-hydrogen) atoms. The lowest BCUT2D eigenvalue weighted by molar-refractivity contribution is 0.185. The van der Waals surface area contributed by atoms with Gasteiger partial charge in [0.05, 0.1) is 11.6 Å². The molecule has 1 fully saturated rings. The van der Waals surface area contributed by atoms with Gasteiger partial charge >= 0.3 is 0 Å². The highest BCUT2D eigenvalue weighted by Gasteiger charge is 2.30. The van der Waals surface area contributed by atoms with Crippen molar-refractivity contribution in [3.05, 3.63) is 24.0 Å². The van der Waals surface area contributed by atoms with Gasteiger partial charge in [-0.15, -0.1) is 5.10 Å². The highest BCUT2D eigenvalue weighted by Crippen LogP contribution is 2.40. The van der Waals surface area contributed by atoms with Crippen molar-refractivity contribution in [2.45, 2.75) is 45.6 Å². The molecular formula is C15H20FN5. The van der Waals surface area contributed by atoms with Crippen molar-refractivity contribution in [1.29, 1.82) is 0 Å². The molecule has 112 valence electrons. The molecule has 0 radical (unpaired) electrons. The summed E-state index contributed by atoms with van der Waals surface area (Å²) in [4.78, 5) is 0. The molecule has 1 aromatic heterocycles. The molecule has 5 nitrogen and oxygen atoms in total. The molecule has 0 spiro atoms. The van der Waals surface area contributed by atoms with Crippen LogP contribution in [0.3, 0.4) is 0 Å². The summed E-state index contributed by atoms with van der Waals surface area (Å²) in [5.41, 5.74) is 6.99. The van der Waals surface area contributed by atoms with E-state index in [1.807, 2.05) is 0 Å². The van der Waals surface area contributed by atoms with Crippen LogP contribution in [0.4, 0.5) is 10.1 Å². The molecule has 1 heterocycles. The first-order valence-electron chi connectivity index (χ1n) is 7.29. The third-order valence-corrected chi connectivity index (χ3v) is 4.38. The van der Waals surface area contributed by atoms with Crippen molar-refractivity contribution < 1.29 is 4.39 Å². The Morgan fingerprint density at radius 3 is 2.71 bits per heavy atom. The van der Waals surface area contributed by atoms with Crippen LogP contribution in [0.5, 0.6) is 0 Å². The molecule has 0 saturated heterocycles. The number of anilines is 1. The fraction of sp³-hybridized carbons (Fsp3) is 0.533. The second kappa shape index (κ2) is 5.09. The maximum Gasteiger partial charge on any atom is 0.185 e. The van der Waals surface area contributed by atoms with Crippen LogP contribution in [0.2, 0.25) is 0 Å². The number of halogens is 1. The zero-order chi connectivity index (χ0) is 15.0. The van der Waals surface area contributed by atoms with Gasteiger partial charge in [-0.25, -0.2) is 9.07 Å². The van der Waals surface area contributed by atoms with Gasteiger partial charge in [0.1, 0.15) is 5.82 Å². The molecule has 2 aromatic rings. The zero-order valence-electron chi connectivity index (χ0n) is 12.4. The maximum atomic E-state index is 14.0. The number of benzene rings is 1. The van der Waals surface area contributed by atoms with Crippen LogP contribution in [0.25, 0.3) is 11.4 Å². The molecule has 0 amide bonds. The van der Waals surface area contributed by atoms with Crippen LogP contribution in [0.1, 0.15) is 45.6 Å². The average molecular weight is 289 g/mol. The normalized spacial score (nSPS) is 18.8. The van der Waals surface area contributed by atoms with Crippen LogP contribution in [0.15, 0.2) is 18.2 Å². The number of tetrazole rings is 1. The first-order chi connectivity index (χ1) is 9.96. The number of aromatic nitrogens is 4. The summed E-state index contributed by atoms with van der Waals surface area (Å²) in [6, 6.07) is 4.71. The monoisotopic (exact) mass is 289 g/mol. The summed E-state index contributed by atoms with van der Waals surface area (Å²) in [7, 11) is 0. The van der Waals surface area contributed by atoms with E-state index in [2.05, 4.69) is 29.4 Å². The molecule has 6 heteroatoms. The lowest BCUT2D eigenvalue weighted by Crippen LogP contribution is -2.24. The predicted molar refractivity (Wildman–Crippen MR) is 78.9 cm³/mol. The minimum atomic E-state index is -0.351. The molecule has 1 aliphatic carbocycles. The van der Waals surface area contributed by atoms with Gasteiger partial charge in [0.25, 0.3) is 0 Å². The van der Waals surface area contributed by atoms with E-state index in [9.17, 15) is 4.39 Å². The van der Waals surface area contributed by atoms with E-state index in [-0.39, 0.29) is 11.9 Å². The molecule has 1 aromatic carbocycles. The van der Waals surface area contributed by atoms with Crippen LogP contribution >= 0.6 is 0 Å². The van der Waals surface area contributed by atoms with Crippen LogP contribution in [0, 0.1) is 11.2 Å². The topological polar surface area (TPSA) is 69.6 Å². The van der Waals surface area contributed by atoms with Crippen molar-refractivity contribution in [2.75, 3.05) is 5.73 Å². The molecule has 0 bridgehead atoms. The molecule has 1 aliphatic rings. The highest BCUT2D eigenvalue weighted by atomic mass is 19.1. The second-order valence-electron chi connectivity index (χ2n) is 6.58. The number of nitrogen functional groups attached to an aromatic ring is 1. The minimum absolute atomic E-state index is 0.226. The maximum absolute atomic E-state index is 14.0. The van der Waals surface area contributed by atoms with Crippen molar-refractivity contribution >= 4 is 5.69 Å². The Kier molecular flexibility index (Phi) is 3.39. The fourth-order valence-corrected chi connectivity index (χ4v) is 2.96. The van der Waals surface area contributed by atoms with Gasteiger partial charge in [-0.3, -0.25) is 0 Å². The Morgan fingerprint density at radius 2 is 2.00 bits per heavy atom. The molecule has 3 rings (SSSR count). The lowest BCUT2D eigenvalue weighted by Gasteiger charge is -2.34. The minimum Gasteiger partial charge on any atom is -0.399 e.